The van der Waals surface area contributed by atoms with Crippen molar-refractivity contribution in [2.24, 2.45) is 5.92 Å². The second-order valence-electron chi connectivity index (χ2n) is 11.9. The van der Waals surface area contributed by atoms with E-state index in [9.17, 15) is 13.2 Å². The van der Waals surface area contributed by atoms with Crippen LogP contribution in [0.5, 0.6) is 5.75 Å². The normalized spacial score (nSPS) is 16.2. The Balaban J connectivity index is 1.09. The van der Waals surface area contributed by atoms with Gasteiger partial charge in [-0.25, -0.2) is 18.4 Å². The third kappa shape index (κ3) is 7.22. The van der Waals surface area contributed by atoms with Crippen molar-refractivity contribution in [2.45, 2.75) is 51.7 Å². The molecule has 1 saturated heterocycles. The van der Waals surface area contributed by atoms with Crippen molar-refractivity contribution in [2.75, 3.05) is 37.0 Å². The van der Waals surface area contributed by atoms with E-state index in [4.69, 9.17) is 9.15 Å². The topological polar surface area (TPSA) is 127 Å². The lowest BCUT2D eigenvalue weighted by molar-refractivity contribution is -0.140. The van der Waals surface area contributed by atoms with E-state index in [1.54, 1.807) is 6.33 Å². The number of benzene rings is 2. The molecule has 10 nitrogen and oxygen atoms in total. The first-order valence-corrected chi connectivity index (χ1v) is 17.3. The van der Waals surface area contributed by atoms with Crippen LogP contribution in [0, 0.1) is 12.8 Å². The molecule has 1 aliphatic heterocycles. The molecule has 1 amide bonds. The summed E-state index contributed by atoms with van der Waals surface area (Å²) in [7, 11) is -3.01. The van der Waals surface area contributed by atoms with Gasteiger partial charge in [0.15, 0.2) is 0 Å². The fourth-order valence-electron chi connectivity index (χ4n) is 5.69. The average molecular weight is 618 g/mol. The Morgan fingerprint density at radius 1 is 1.05 bits per heavy atom. The maximum atomic E-state index is 12.6. The summed E-state index contributed by atoms with van der Waals surface area (Å²) in [5.41, 5.74) is 3.61. The van der Waals surface area contributed by atoms with Crippen molar-refractivity contribution in [3.05, 3.63) is 66.2 Å². The zero-order valence-electron chi connectivity index (χ0n) is 25.2. The molecule has 0 radical (unpaired) electrons. The number of hydrogen-bond donors (Lipinski definition) is 2. The summed E-state index contributed by atoms with van der Waals surface area (Å²) in [6.07, 6.45) is 7.84. The quantitative estimate of drug-likeness (QED) is 0.217. The number of nitrogens with one attached hydrogen (secondary N) is 2. The molecule has 11 heteroatoms. The van der Waals surface area contributed by atoms with Gasteiger partial charge in [0.05, 0.1) is 17.8 Å². The largest absolute Gasteiger partial charge is 0.490 e. The second kappa shape index (κ2) is 13.0. The monoisotopic (exact) mass is 617 g/mol. The number of nitrogens with zero attached hydrogens (tertiary/aromatic N) is 3. The molecule has 2 aromatic heterocycles. The predicted octanol–water partition coefficient (Wildman–Crippen LogP) is 5.25. The number of carbonyl (C=O) groups excluding carboxylic acids is 1. The molecule has 232 valence electrons. The van der Waals surface area contributed by atoms with E-state index in [-0.39, 0.29) is 17.8 Å². The minimum Gasteiger partial charge on any atom is -0.490 e. The molecule has 1 aliphatic carbocycles. The van der Waals surface area contributed by atoms with E-state index >= 15 is 0 Å². The van der Waals surface area contributed by atoms with Crippen LogP contribution in [0.3, 0.4) is 0 Å². The lowest BCUT2D eigenvalue weighted by Gasteiger charge is -2.36. The summed E-state index contributed by atoms with van der Waals surface area (Å²) in [6.45, 7) is 4.38. The smallest absolute Gasteiger partial charge is 0.225 e. The van der Waals surface area contributed by atoms with E-state index in [0.29, 0.717) is 30.6 Å². The van der Waals surface area contributed by atoms with Gasteiger partial charge in [-0.05, 0) is 73.9 Å². The van der Waals surface area contributed by atoms with Gasteiger partial charge in [-0.3, -0.25) is 4.79 Å². The van der Waals surface area contributed by atoms with Gasteiger partial charge in [0.2, 0.25) is 5.91 Å². The van der Waals surface area contributed by atoms with Gasteiger partial charge in [0.1, 0.15) is 45.4 Å². The number of aryl methyl sites for hydroxylation is 1. The van der Waals surface area contributed by atoms with E-state index in [0.717, 1.165) is 78.0 Å². The number of piperidine rings is 1. The van der Waals surface area contributed by atoms with Crippen LogP contribution in [-0.2, 0) is 21.2 Å². The highest BCUT2D eigenvalue weighted by Gasteiger charge is 2.32. The van der Waals surface area contributed by atoms with Gasteiger partial charge in [-0.2, -0.15) is 0 Å². The molecule has 6 rings (SSSR count). The maximum absolute atomic E-state index is 12.6. The Morgan fingerprint density at radius 2 is 1.86 bits per heavy atom. The number of sulfone groups is 1. The van der Waals surface area contributed by atoms with E-state index in [1.165, 1.54) is 12.7 Å². The Hall–Kier alpha value is -3.96. The van der Waals surface area contributed by atoms with Crippen molar-refractivity contribution >= 4 is 38.2 Å². The molecule has 2 N–H and O–H groups in total. The van der Waals surface area contributed by atoms with Crippen LogP contribution in [0.2, 0.25) is 0 Å². The molecule has 4 aromatic rings. The number of likely N-dealkylation sites (tertiary alicyclic amines) is 1. The van der Waals surface area contributed by atoms with E-state index in [2.05, 4.69) is 26.7 Å². The van der Waals surface area contributed by atoms with Gasteiger partial charge < -0.3 is 24.7 Å². The molecule has 3 heterocycles. The molecule has 0 spiro atoms. The van der Waals surface area contributed by atoms with Gasteiger partial charge >= 0.3 is 0 Å². The lowest BCUT2D eigenvalue weighted by Crippen LogP contribution is -2.45. The second-order valence-corrected chi connectivity index (χ2v) is 14.2. The highest BCUT2D eigenvalue weighted by molar-refractivity contribution is 7.90. The SMILES string of the molecule is Cc1cc(Nc2ncnc3ccc(-c4ccc(CNCCS(C)(=O)=O)o4)cc23)ccc1OC1CCN(C(=O)C2CCC2)CC1. The fourth-order valence-corrected chi connectivity index (χ4v) is 6.20. The van der Waals surface area contributed by atoms with Gasteiger partial charge in [-0.1, -0.05) is 6.42 Å². The number of ether oxygens (including phenoxy) is 1. The first-order valence-electron chi connectivity index (χ1n) is 15.3. The van der Waals surface area contributed by atoms with Crippen molar-refractivity contribution in [3.8, 4) is 17.1 Å². The van der Waals surface area contributed by atoms with Crippen LogP contribution in [0.4, 0.5) is 11.5 Å². The molecule has 0 atom stereocenters. The van der Waals surface area contributed by atoms with Crippen molar-refractivity contribution < 1.29 is 22.4 Å². The molecule has 2 fully saturated rings. The molecule has 2 aliphatic rings. The number of carbonyl (C=O) groups is 1. The molecule has 2 aromatic carbocycles. The zero-order valence-corrected chi connectivity index (χ0v) is 26.0. The number of anilines is 2. The number of rotatable bonds is 11. The third-order valence-electron chi connectivity index (χ3n) is 8.47. The van der Waals surface area contributed by atoms with Crippen molar-refractivity contribution in [1.29, 1.82) is 0 Å². The van der Waals surface area contributed by atoms with Gasteiger partial charge in [0, 0.05) is 61.3 Å². The molecule has 0 unspecified atom stereocenters. The highest BCUT2D eigenvalue weighted by Crippen LogP contribution is 2.33. The van der Waals surface area contributed by atoms with Crippen LogP contribution in [0.25, 0.3) is 22.2 Å². The van der Waals surface area contributed by atoms with Crippen LogP contribution in [0.1, 0.15) is 43.4 Å². The number of hydrogen-bond acceptors (Lipinski definition) is 9. The Kier molecular flexibility index (Phi) is 8.86. The Bertz CT molecular complexity index is 1740. The summed E-state index contributed by atoms with van der Waals surface area (Å²) >= 11 is 0. The lowest BCUT2D eigenvalue weighted by atomic mass is 9.84. The maximum Gasteiger partial charge on any atom is 0.225 e. The van der Waals surface area contributed by atoms with Crippen molar-refractivity contribution in [3.63, 3.8) is 0 Å². The summed E-state index contributed by atoms with van der Waals surface area (Å²) in [5.74, 6) is 3.63. The van der Waals surface area contributed by atoms with Gasteiger partial charge in [-0.15, -0.1) is 0 Å². The third-order valence-corrected chi connectivity index (χ3v) is 9.42. The molecule has 0 bridgehead atoms. The minimum atomic E-state index is -3.01. The standard InChI is InChI=1S/C33H39N5O5S/c1-22-18-25(7-10-30(22)42-26-12-15-38(16-13-26)33(39)23-4-3-5-23)37-32-28-19-24(6-9-29(28)35-21-36-32)31-11-8-27(43-31)20-34-14-17-44(2,40)41/h6-11,18-19,21,23,26,34H,3-5,12-17,20H2,1-2H3,(H,35,36,37). The first-order chi connectivity index (χ1) is 21.2. The zero-order chi connectivity index (χ0) is 30.7. The number of aromatic nitrogens is 2. The fraction of sp³-hybridized carbons (Fsp3) is 0.424. The van der Waals surface area contributed by atoms with Crippen LogP contribution < -0.4 is 15.4 Å². The van der Waals surface area contributed by atoms with Crippen molar-refractivity contribution in [1.82, 2.24) is 20.2 Å². The summed E-state index contributed by atoms with van der Waals surface area (Å²) in [6, 6.07) is 15.7. The predicted molar refractivity (Wildman–Crippen MR) is 171 cm³/mol. The van der Waals surface area contributed by atoms with Crippen LogP contribution >= 0.6 is 0 Å². The Labute approximate surface area is 258 Å². The van der Waals surface area contributed by atoms with Crippen LogP contribution in [0.15, 0.2) is 59.3 Å². The van der Waals surface area contributed by atoms with Crippen LogP contribution in [-0.4, -0.2) is 66.9 Å². The molecular formula is C33H39N5O5S. The molecule has 44 heavy (non-hydrogen) atoms. The molecule has 1 saturated carbocycles. The first kappa shape index (κ1) is 30.1. The average Bonchev–Trinajstić information content (AvgIpc) is 3.45. The summed E-state index contributed by atoms with van der Waals surface area (Å²) in [5, 5.41) is 7.41. The number of furan rings is 1. The Morgan fingerprint density at radius 3 is 2.59 bits per heavy atom. The minimum absolute atomic E-state index is 0.0825. The highest BCUT2D eigenvalue weighted by atomic mass is 32.2. The summed E-state index contributed by atoms with van der Waals surface area (Å²) in [4.78, 5) is 23.6. The van der Waals surface area contributed by atoms with Gasteiger partial charge in [0.25, 0.3) is 0 Å². The molecular weight excluding hydrogens is 578 g/mol. The van der Waals surface area contributed by atoms with E-state index in [1.807, 2.05) is 54.3 Å². The van der Waals surface area contributed by atoms with E-state index < -0.39 is 9.84 Å². The summed E-state index contributed by atoms with van der Waals surface area (Å²) < 4.78 is 35.1. The number of fused-ring (bicyclic) bond motifs is 1. The number of amides is 1.